The van der Waals surface area contributed by atoms with E-state index in [2.05, 4.69) is 31.6 Å². The maximum atomic E-state index is 12.2. The summed E-state index contributed by atoms with van der Waals surface area (Å²) in [5.41, 5.74) is 3.30. The highest BCUT2D eigenvalue weighted by Gasteiger charge is 2.09. The zero-order chi connectivity index (χ0) is 15.5. The molecule has 3 rings (SSSR count). The van der Waals surface area contributed by atoms with Crippen LogP contribution in [0, 0.1) is 0 Å². The molecule has 22 heavy (non-hydrogen) atoms. The van der Waals surface area contributed by atoms with Crippen molar-refractivity contribution in [3.8, 4) is 0 Å². The van der Waals surface area contributed by atoms with Crippen LogP contribution in [0.2, 0.25) is 0 Å². The average molecular weight is 359 g/mol. The van der Waals surface area contributed by atoms with Gasteiger partial charge in [-0.05, 0) is 42.8 Å². The van der Waals surface area contributed by atoms with Crippen molar-refractivity contribution in [2.24, 2.45) is 0 Å². The van der Waals surface area contributed by atoms with Crippen LogP contribution in [-0.2, 0) is 13.1 Å². The Hall–Kier alpha value is -2.21. The van der Waals surface area contributed by atoms with E-state index >= 15 is 0 Å². The van der Waals surface area contributed by atoms with E-state index in [0.29, 0.717) is 12.1 Å². The fraction of sp³-hybridized carbons (Fsp3) is 0.188. The van der Waals surface area contributed by atoms with Crippen molar-refractivity contribution >= 4 is 32.9 Å². The maximum Gasteiger partial charge on any atom is 0.251 e. The lowest BCUT2D eigenvalue weighted by molar-refractivity contribution is 0.0951. The van der Waals surface area contributed by atoms with Gasteiger partial charge in [0.25, 0.3) is 5.91 Å². The number of hydrogen-bond acceptors (Lipinski definition) is 3. The first kappa shape index (κ1) is 14.7. The van der Waals surface area contributed by atoms with E-state index in [1.165, 1.54) is 0 Å². The Balaban J connectivity index is 1.74. The molecule has 0 spiro atoms. The third-order valence-electron chi connectivity index (χ3n) is 3.42. The van der Waals surface area contributed by atoms with Crippen molar-refractivity contribution < 1.29 is 4.79 Å². The number of carbonyl (C=O) groups excluding carboxylic acids is 1. The zero-order valence-electron chi connectivity index (χ0n) is 12.1. The summed E-state index contributed by atoms with van der Waals surface area (Å²) in [6.07, 6.45) is 0. The molecular weight excluding hydrogens is 344 g/mol. The van der Waals surface area contributed by atoms with Gasteiger partial charge in [-0.25, -0.2) is 4.68 Å². The number of benzene rings is 2. The molecule has 3 aromatic rings. The largest absolute Gasteiger partial charge is 0.348 e. The smallest absolute Gasteiger partial charge is 0.251 e. The van der Waals surface area contributed by atoms with Gasteiger partial charge in [-0.1, -0.05) is 33.3 Å². The van der Waals surface area contributed by atoms with Crippen LogP contribution >= 0.6 is 15.9 Å². The normalized spacial score (nSPS) is 10.8. The van der Waals surface area contributed by atoms with Crippen LogP contribution in [0.1, 0.15) is 22.8 Å². The fourth-order valence-electron chi connectivity index (χ4n) is 2.28. The summed E-state index contributed by atoms with van der Waals surface area (Å²) >= 11 is 3.42. The Kier molecular flexibility index (Phi) is 4.20. The molecule has 1 amide bonds. The van der Waals surface area contributed by atoms with Gasteiger partial charge in [0.1, 0.15) is 5.52 Å². The molecule has 0 atom stereocenters. The Morgan fingerprint density at radius 1 is 1.27 bits per heavy atom. The van der Waals surface area contributed by atoms with Gasteiger partial charge >= 0.3 is 0 Å². The number of aromatic nitrogens is 3. The van der Waals surface area contributed by atoms with Gasteiger partial charge in [0.15, 0.2) is 0 Å². The lowest BCUT2D eigenvalue weighted by Crippen LogP contribution is -2.22. The molecule has 2 aromatic carbocycles. The van der Waals surface area contributed by atoms with Crippen LogP contribution < -0.4 is 5.32 Å². The highest BCUT2D eigenvalue weighted by atomic mass is 79.9. The maximum absolute atomic E-state index is 12.2. The second kappa shape index (κ2) is 6.27. The van der Waals surface area contributed by atoms with E-state index < -0.39 is 0 Å². The Morgan fingerprint density at radius 3 is 2.91 bits per heavy atom. The average Bonchev–Trinajstić information content (AvgIpc) is 2.95. The fourth-order valence-corrected chi connectivity index (χ4v) is 2.72. The van der Waals surface area contributed by atoms with Crippen LogP contribution in [-0.4, -0.2) is 20.9 Å². The molecule has 0 unspecified atom stereocenters. The molecule has 0 saturated heterocycles. The molecule has 0 radical (unpaired) electrons. The second-order valence-electron chi connectivity index (χ2n) is 4.92. The number of amides is 1. The molecule has 1 N–H and O–H groups in total. The molecular formula is C16H15BrN4O. The van der Waals surface area contributed by atoms with Crippen molar-refractivity contribution in [1.29, 1.82) is 0 Å². The lowest BCUT2D eigenvalue weighted by Gasteiger charge is -2.06. The van der Waals surface area contributed by atoms with Crippen LogP contribution in [0.5, 0.6) is 0 Å². The molecule has 0 saturated carbocycles. The number of rotatable bonds is 4. The standard InChI is InChI=1S/C16H15BrN4O/c1-2-21-15-7-6-12(9-14(15)19-20-21)16(22)18-10-11-4-3-5-13(17)8-11/h3-9H,2,10H2,1H3,(H,18,22). The molecule has 5 nitrogen and oxygen atoms in total. The lowest BCUT2D eigenvalue weighted by atomic mass is 10.1. The summed E-state index contributed by atoms with van der Waals surface area (Å²) < 4.78 is 2.80. The minimum atomic E-state index is -0.118. The zero-order valence-corrected chi connectivity index (χ0v) is 13.7. The van der Waals surface area contributed by atoms with Crippen molar-refractivity contribution in [3.63, 3.8) is 0 Å². The van der Waals surface area contributed by atoms with Crippen molar-refractivity contribution in [1.82, 2.24) is 20.3 Å². The third kappa shape index (κ3) is 3.01. The molecule has 112 valence electrons. The first-order valence-corrected chi connectivity index (χ1v) is 7.82. The predicted octanol–water partition coefficient (Wildman–Crippen LogP) is 3.14. The number of aryl methyl sites for hydroxylation is 1. The van der Waals surface area contributed by atoms with Gasteiger partial charge in [-0.3, -0.25) is 4.79 Å². The third-order valence-corrected chi connectivity index (χ3v) is 3.91. The molecule has 0 aliphatic carbocycles. The topological polar surface area (TPSA) is 59.8 Å². The summed E-state index contributed by atoms with van der Waals surface area (Å²) in [5.74, 6) is -0.118. The molecule has 0 aliphatic rings. The quantitative estimate of drug-likeness (QED) is 0.779. The number of fused-ring (bicyclic) bond motifs is 1. The molecule has 1 aromatic heterocycles. The van der Waals surface area contributed by atoms with Crippen LogP contribution in [0.4, 0.5) is 0 Å². The van der Waals surface area contributed by atoms with Crippen molar-refractivity contribution in [2.75, 3.05) is 0 Å². The summed E-state index contributed by atoms with van der Waals surface area (Å²) in [4.78, 5) is 12.2. The summed E-state index contributed by atoms with van der Waals surface area (Å²) in [6.45, 7) is 3.25. The van der Waals surface area contributed by atoms with E-state index in [1.807, 2.05) is 37.3 Å². The number of hydrogen-bond donors (Lipinski definition) is 1. The van der Waals surface area contributed by atoms with Gasteiger partial charge < -0.3 is 5.32 Å². The minimum absolute atomic E-state index is 0.118. The van der Waals surface area contributed by atoms with Gasteiger partial charge in [-0.2, -0.15) is 0 Å². The number of nitrogens with one attached hydrogen (secondary N) is 1. The predicted molar refractivity (Wildman–Crippen MR) is 88.5 cm³/mol. The molecule has 0 fully saturated rings. The van der Waals surface area contributed by atoms with E-state index in [4.69, 9.17) is 0 Å². The van der Waals surface area contributed by atoms with E-state index in [9.17, 15) is 4.79 Å². The van der Waals surface area contributed by atoms with Crippen molar-refractivity contribution in [3.05, 3.63) is 58.1 Å². The van der Waals surface area contributed by atoms with Gasteiger partial charge in [0, 0.05) is 23.1 Å². The highest BCUT2D eigenvalue weighted by molar-refractivity contribution is 9.10. The Morgan fingerprint density at radius 2 is 2.14 bits per heavy atom. The van der Waals surface area contributed by atoms with E-state index in [1.54, 1.807) is 16.8 Å². The van der Waals surface area contributed by atoms with E-state index in [0.717, 1.165) is 27.6 Å². The number of nitrogens with zero attached hydrogens (tertiary/aromatic N) is 3. The summed E-state index contributed by atoms with van der Waals surface area (Å²) in [6, 6.07) is 13.3. The first-order valence-electron chi connectivity index (χ1n) is 7.03. The van der Waals surface area contributed by atoms with Gasteiger partial charge in [0.2, 0.25) is 0 Å². The minimum Gasteiger partial charge on any atom is -0.348 e. The molecule has 6 heteroatoms. The number of halogens is 1. The van der Waals surface area contributed by atoms with Crippen LogP contribution in [0.15, 0.2) is 46.9 Å². The van der Waals surface area contributed by atoms with Gasteiger partial charge in [-0.15, -0.1) is 5.10 Å². The summed E-state index contributed by atoms with van der Waals surface area (Å²) in [5, 5.41) is 11.0. The van der Waals surface area contributed by atoms with Crippen LogP contribution in [0.3, 0.4) is 0 Å². The van der Waals surface area contributed by atoms with Gasteiger partial charge in [0.05, 0.1) is 5.52 Å². The summed E-state index contributed by atoms with van der Waals surface area (Å²) in [7, 11) is 0. The monoisotopic (exact) mass is 358 g/mol. The first-order chi connectivity index (χ1) is 10.7. The number of carbonyl (C=O) groups is 1. The van der Waals surface area contributed by atoms with E-state index in [-0.39, 0.29) is 5.91 Å². The molecule has 1 heterocycles. The second-order valence-corrected chi connectivity index (χ2v) is 5.84. The Labute approximate surface area is 136 Å². The molecule has 0 bridgehead atoms. The highest BCUT2D eigenvalue weighted by Crippen LogP contribution is 2.14. The van der Waals surface area contributed by atoms with Crippen molar-refractivity contribution in [2.45, 2.75) is 20.0 Å². The Bertz CT molecular complexity index is 828. The molecule has 0 aliphatic heterocycles. The SMILES string of the molecule is CCn1nnc2cc(C(=O)NCc3cccc(Br)c3)ccc21. The van der Waals surface area contributed by atoms with Crippen LogP contribution in [0.25, 0.3) is 11.0 Å².